The first kappa shape index (κ1) is 15.0. The zero-order chi connectivity index (χ0) is 14.8. The monoisotopic (exact) mass is 274 g/mol. The van der Waals surface area contributed by atoms with Crippen LogP contribution >= 0.6 is 0 Å². The summed E-state index contributed by atoms with van der Waals surface area (Å²) in [5, 5.41) is 3.24. The van der Waals surface area contributed by atoms with Crippen LogP contribution in [0.3, 0.4) is 0 Å². The average Bonchev–Trinajstić information content (AvgIpc) is 2.40. The van der Waals surface area contributed by atoms with Crippen molar-refractivity contribution in [2.45, 2.75) is 52.0 Å². The fourth-order valence-corrected chi connectivity index (χ4v) is 3.36. The molecule has 3 heteroatoms. The Kier molecular flexibility index (Phi) is 4.48. The molecular weight excluding hydrogens is 248 g/mol. The molecule has 1 aliphatic carbocycles. The lowest BCUT2D eigenvalue weighted by Gasteiger charge is -2.42. The van der Waals surface area contributed by atoms with Gasteiger partial charge in [0.15, 0.2) is 0 Å². The largest absolute Gasteiger partial charge is 0.345 e. The highest BCUT2D eigenvalue weighted by Crippen LogP contribution is 2.33. The lowest BCUT2D eigenvalue weighted by molar-refractivity contribution is 0.0812. The van der Waals surface area contributed by atoms with Crippen molar-refractivity contribution in [3.8, 4) is 0 Å². The molecule has 3 nitrogen and oxygen atoms in total. The molecule has 1 saturated carbocycles. The molecular formula is C17H26N2O. The Labute approximate surface area is 121 Å². The molecule has 0 aromatic heterocycles. The number of hydrogen-bond donors (Lipinski definition) is 2. The van der Waals surface area contributed by atoms with Gasteiger partial charge in [-0.05, 0) is 44.7 Å². The van der Waals surface area contributed by atoms with Crippen molar-refractivity contribution in [1.82, 2.24) is 5.32 Å². The van der Waals surface area contributed by atoms with Crippen LogP contribution in [0.1, 0.15) is 54.1 Å². The standard InChI is InChI=1S/C17H26N2O/c1-12-8-13(2)10-15(9-12)16(20)19-17(11-18)7-5-4-6-14(17)3/h8-10,14H,4-7,11,18H2,1-3H3,(H,19,20). The van der Waals surface area contributed by atoms with Gasteiger partial charge in [0, 0.05) is 12.1 Å². The van der Waals surface area contributed by atoms with Crippen LogP contribution in [0, 0.1) is 19.8 Å². The van der Waals surface area contributed by atoms with Crippen molar-refractivity contribution in [3.63, 3.8) is 0 Å². The molecule has 0 saturated heterocycles. The number of benzene rings is 1. The number of hydrogen-bond acceptors (Lipinski definition) is 2. The van der Waals surface area contributed by atoms with Crippen molar-refractivity contribution < 1.29 is 4.79 Å². The maximum atomic E-state index is 12.6. The lowest BCUT2D eigenvalue weighted by Crippen LogP contribution is -2.59. The summed E-state index contributed by atoms with van der Waals surface area (Å²) in [6, 6.07) is 5.97. The van der Waals surface area contributed by atoms with Crippen LogP contribution in [0.2, 0.25) is 0 Å². The number of carbonyl (C=O) groups excluding carboxylic acids is 1. The molecule has 0 aliphatic heterocycles. The molecule has 2 unspecified atom stereocenters. The Morgan fingerprint density at radius 3 is 2.50 bits per heavy atom. The molecule has 0 bridgehead atoms. The van der Waals surface area contributed by atoms with Crippen molar-refractivity contribution in [3.05, 3.63) is 34.9 Å². The molecule has 2 rings (SSSR count). The molecule has 0 heterocycles. The van der Waals surface area contributed by atoms with E-state index < -0.39 is 0 Å². The van der Waals surface area contributed by atoms with E-state index in [1.54, 1.807) is 0 Å². The summed E-state index contributed by atoms with van der Waals surface area (Å²) in [6.45, 7) is 6.76. The van der Waals surface area contributed by atoms with Crippen molar-refractivity contribution >= 4 is 5.91 Å². The van der Waals surface area contributed by atoms with Gasteiger partial charge in [-0.2, -0.15) is 0 Å². The number of aryl methyl sites for hydroxylation is 2. The topological polar surface area (TPSA) is 55.1 Å². The summed E-state index contributed by atoms with van der Waals surface area (Å²) >= 11 is 0. The van der Waals surface area contributed by atoms with Gasteiger partial charge in [0.25, 0.3) is 5.91 Å². The number of nitrogens with one attached hydrogen (secondary N) is 1. The van der Waals surface area contributed by atoms with E-state index in [4.69, 9.17) is 5.73 Å². The molecule has 0 spiro atoms. The molecule has 110 valence electrons. The molecule has 1 fully saturated rings. The van der Waals surface area contributed by atoms with E-state index in [2.05, 4.69) is 18.3 Å². The summed E-state index contributed by atoms with van der Waals surface area (Å²) < 4.78 is 0. The third kappa shape index (κ3) is 3.04. The summed E-state index contributed by atoms with van der Waals surface area (Å²) in [5.74, 6) is 0.451. The summed E-state index contributed by atoms with van der Waals surface area (Å²) in [7, 11) is 0. The third-order valence-electron chi connectivity index (χ3n) is 4.66. The highest BCUT2D eigenvalue weighted by Gasteiger charge is 2.38. The third-order valence-corrected chi connectivity index (χ3v) is 4.66. The Balaban J connectivity index is 2.20. The molecule has 2 atom stereocenters. The van der Waals surface area contributed by atoms with Gasteiger partial charge in [0.05, 0.1) is 5.54 Å². The zero-order valence-electron chi connectivity index (χ0n) is 12.8. The lowest BCUT2D eigenvalue weighted by atomic mass is 9.73. The van der Waals surface area contributed by atoms with Gasteiger partial charge in [0.1, 0.15) is 0 Å². The van der Waals surface area contributed by atoms with E-state index in [1.165, 1.54) is 6.42 Å². The van der Waals surface area contributed by atoms with Crippen LogP contribution in [0.25, 0.3) is 0 Å². The number of rotatable bonds is 3. The predicted molar refractivity (Wildman–Crippen MR) is 82.8 cm³/mol. The van der Waals surface area contributed by atoms with Crippen LogP contribution < -0.4 is 11.1 Å². The maximum Gasteiger partial charge on any atom is 0.251 e. The zero-order valence-corrected chi connectivity index (χ0v) is 12.8. The SMILES string of the molecule is Cc1cc(C)cc(C(=O)NC2(CN)CCCCC2C)c1. The van der Waals surface area contributed by atoms with E-state index in [-0.39, 0.29) is 11.4 Å². The number of nitrogens with two attached hydrogens (primary N) is 1. The van der Waals surface area contributed by atoms with Crippen LogP contribution in [0.15, 0.2) is 18.2 Å². The molecule has 0 radical (unpaired) electrons. The first-order chi connectivity index (χ1) is 9.47. The van der Waals surface area contributed by atoms with Gasteiger partial charge >= 0.3 is 0 Å². The summed E-state index contributed by atoms with van der Waals surface area (Å²) in [6.07, 6.45) is 4.52. The minimum absolute atomic E-state index is 0.0102. The van der Waals surface area contributed by atoms with E-state index in [1.807, 2.05) is 26.0 Å². The number of carbonyl (C=O) groups is 1. The summed E-state index contributed by atoms with van der Waals surface area (Å²) in [4.78, 5) is 12.6. The highest BCUT2D eigenvalue weighted by atomic mass is 16.1. The summed E-state index contributed by atoms with van der Waals surface area (Å²) in [5.41, 5.74) is 8.75. The number of amides is 1. The Hall–Kier alpha value is -1.35. The van der Waals surface area contributed by atoms with Crippen molar-refractivity contribution in [2.24, 2.45) is 11.7 Å². The van der Waals surface area contributed by atoms with Crippen molar-refractivity contribution in [2.75, 3.05) is 6.54 Å². The second-order valence-electron chi connectivity index (χ2n) is 6.34. The quantitative estimate of drug-likeness (QED) is 0.890. The minimum atomic E-state index is -0.229. The van der Waals surface area contributed by atoms with Crippen LogP contribution in [0.5, 0.6) is 0 Å². The maximum absolute atomic E-state index is 12.6. The molecule has 3 N–H and O–H groups in total. The van der Waals surface area contributed by atoms with E-state index in [0.717, 1.165) is 36.0 Å². The molecule has 1 amide bonds. The van der Waals surface area contributed by atoms with Gasteiger partial charge in [0.2, 0.25) is 0 Å². The van der Waals surface area contributed by atoms with Gasteiger partial charge in [-0.3, -0.25) is 4.79 Å². The second-order valence-corrected chi connectivity index (χ2v) is 6.34. The van der Waals surface area contributed by atoms with Gasteiger partial charge < -0.3 is 11.1 Å². The first-order valence-electron chi connectivity index (χ1n) is 7.58. The Bertz CT molecular complexity index is 478. The predicted octanol–water partition coefficient (Wildman–Crippen LogP) is 2.94. The van der Waals surface area contributed by atoms with Gasteiger partial charge in [-0.1, -0.05) is 37.0 Å². The van der Waals surface area contributed by atoms with Gasteiger partial charge in [-0.25, -0.2) is 0 Å². The average molecular weight is 274 g/mol. The first-order valence-corrected chi connectivity index (χ1v) is 7.58. The van der Waals surface area contributed by atoms with Gasteiger partial charge in [-0.15, -0.1) is 0 Å². The van der Waals surface area contributed by atoms with Crippen molar-refractivity contribution in [1.29, 1.82) is 0 Å². The molecule has 20 heavy (non-hydrogen) atoms. The highest BCUT2D eigenvalue weighted by molar-refractivity contribution is 5.95. The van der Waals surface area contributed by atoms with Crippen LogP contribution in [-0.2, 0) is 0 Å². The fraction of sp³-hybridized carbons (Fsp3) is 0.588. The molecule has 1 aromatic rings. The minimum Gasteiger partial charge on any atom is -0.345 e. The Morgan fingerprint density at radius 2 is 1.95 bits per heavy atom. The van der Waals surface area contributed by atoms with E-state index >= 15 is 0 Å². The Morgan fingerprint density at radius 1 is 1.30 bits per heavy atom. The normalized spacial score (nSPS) is 26.3. The molecule has 1 aromatic carbocycles. The molecule has 1 aliphatic rings. The van der Waals surface area contributed by atoms with E-state index in [0.29, 0.717) is 12.5 Å². The van der Waals surface area contributed by atoms with E-state index in [9.17, 15) is 4.79 Å². The smallest absolute Gasteiger partial charge is 0.251 e. The van der Waals surface area contributed by atoms with Crippen LogP contribution in [0.4, 0.5) is 0 Å². The van der Waals surface area contributed by atoms with Crippen LogP contribution in [-0.4, -0.2) is 18.0 Å². The fourth-order valence-electron chi connectivity index (χ4n) is 3.36. The second kappa shape index (κ2) is 5.96.